The van der Waals surface area contributed by atoms with E-state index in [2.05, 4.69) is 11.9 Å². The van der Waals surface area contributed by atoms with Crippen molar-refractivity contribution in [3.8, 4) is 0 Å². The van der Waals surface area contributed by atoms with E-state index in [4.69, 9.17) is 11.6 Å². The maximum Gasteiger partial charge on any atom is 0.331 e. The summed E-state index contributed by atoms with van der Waals surface area (Å²) in [6.45, 7) is 2.54. The number of imidazole rings is 1. The van der Waals surface area contributed by atoms with Crippen LogP contribution in [0.2, 0.25) is 5.02 Å². The third kappa shape index (κ3) is 5.62. The van der Waals surface area contributed by atoms with E-state index in [-0.39, 0.29) is 17.7 Å². The Morgan fingerprint density at radius 2 is 1.88 bits per heavy atom. The number of nitro benzene ring substituents is 1. The van der Waals surface area contributed by atoms with E-state index < -0.39 is 10.9 Å². The van der Waals surface area contributed by atoms with E-state index >= 15 is 0 Å². The molecule has 1 heterocycles. The molecule has 166 valence electrons. The molecule has 8 heteroatoms. The Morgan fingerprint density at radius 1 is 1.19 bits per heavy atom. The molecule has 7 nitrogen and oxygen atoms in total. The molecule has 0 aliphatic carbocycles. The molecule has 1 N–H and O–H groups in total. The van der Waals surface area contributed by atoms with Crippen molar-refractivity contribution in [3.05, 3.63) is 98.1 Å². The lowest BCUT2D eigenvalue weighted by Crippen LogP contribution is -2.10. The number of para-hydroxylation sites is 1. The fraction of sp³-hybridized carbons (Fsp3) is 0.250. The summed E-state index contributed by atoms with van der Waals surface area (Å²) in [4.78, 5) is 27.4. The first kappa shape index (κ1) is 23.2. The van der Waals surface area contributed by atoms with E-state index in [1.165, 1.54) is 6.07 Å². The van der Waals surface area contributed by atoms with Crippen molar-refractivity contribution in [2.75, 3.05) is 0 Å². The van der Waals surface area contributed by atoms with Crippen molar-refractivity contribution in [3.63, 3.8) is 0 Å². The summed E-state index contributed by atoms with van der Waals surface area (Å²) in [6, 6.07) is 13.7. The molecule has 3 aromatic rings. The van der Waals surface area contributed by atoms with E-state index in [9.17, 15) is 20.0 Å². The second kappa shape index (κ2) is 10.7. The topological polar surface area (TPSA) is 98.3 Å². The zero-order chi connectivity index (χ0) is 23.1. The first-order chi connectivity index (χ1) is 15.4. The molecule has 0 atom stereocenters. The summed E-state index contributed by atoms with van der Waals surface area (Å²) in [7, 11) is 0. The first-order valence-corrected chi connectivity index (χ1v) is 10.7. The molecule has 0 radical (unpaired) electrons. The van der Waals surface area contributed by atoms with Gasteiger partial charge in [0.1, 0.15) is 5.82 Å². The SMILES string of the molecule is CCCCc1ncc(/C=C(\Cc2ccccc2[N+](=O)[O-])C(=O)O)n1Cc1ccccc1Cl. The van der Waals surface area contributed by atoms with Crippen molar-refractivity contribution in [1.29, 1.82) is 0 Å². The van der Waals surface area contributed by atoms with Crippen LogP contribution >= 0.6 is 11.6 Å². The molecule has 0 bridgehead atoms. The molecule has 0 aliphatic rings. The zero-order valence-corrected chi connectivity index (χ0v) is 18.5. The van der Waals surface area contributed by atoms with E-state index in [1.807, 2.05) is 28.8 Å². The highest BCUT2D eigenvalue weighted by Crippen LogP contribution is 2.24. The minimum absolute atomic E-state index is 0.0432. The lowest BCUT2D eigenvalue weighted by atomic mass is 10.0. The number of aryl methyl sites for hydroxylation is 1. The van der Waals surface area contributed by atoms with Crippen molar-refractivity contribution >= 4 is 29.3 Å². The summed E-state index contributed by atoms with van der Waals surface area (Å²) in [5.74, 6) is -0.294. The number of carboxylic acids is 1. The van der Waals surface area contributed by atoms with Gasteiger partial charge < -0.3 is 9.67 Å². The van der Waals surface area contributed by atoms with Crippen LogP contribution in [0.5, 0.6) is 0 Å². The maximum absolute atomic E-state index is 12.0. The number of aliphatic carboxylic acids is 1. The lowest BCUT2D eigenvalue weighted by Gasteiger charge is -2.12. The Morgan fingerprint density at radius 3 is 2.53 bits per heavy atom. The Bertz CT molecular complexity index is 1150. The number of hydrogen-bond acceptors (Lipinski definition) is 4. The smallest absolute Gasteiger partial charge is 0.331 e. The van der Waals surface area contributed by atoms with Gasteiger partial charge in [0.2, 0.25) is 0 Å². The normalized spacial score (nSPS) is 11.5. The molecule has 0 fully saturated rings. The van der Waals surface area contributed by atoms with Gasteiger partial charge in [-0.2, -0.15) is 0 Å². The van der Waals surface area contributed by atoms with Crippen LogP contribution < -0.4 is 0 Å². The van der Waals surface area contributed by atoms with Crippen molar-refractivity contribution in [2.45, 2.75) is 39.2 Å². The van der Waals surface area contributed by atoms with Gasteiger partial charge >= 0.3 is 5.97 Å². The minimum Gasteiger partial charge on any atom is -0.478 e. The van der Waals surface area contributed by atoms with Gasteiger partial charge in [-0.1, -0.05) is 61.3 Å². The number of carbonyl (C=O) groups is 1. The number of unbranched alkanes of at least 4 members (excludes halogenated alkanes) is 1. The largest absolute Gasteiger partial charge is 0.478 e. The van der Waals surface area contributed by atoms with Crippen LogP contribution in [0.1, 0.15) is 42.4 Å². The Kier molecular flexibility index (Phi) is 7.78. The number of halogens is 1. The number of hydrogen-bond donors (Lipinski definition) is 1. The quantitative estimate of drug-likeness (QED) is 0.246. The van der Waals surface area contributed by atoms with Gasteiger partial charge in [-0.15, -0.1) is 0 Å². The summed E-state index contributed by atoms with van der Waals surface area (Å²) in [5, 5.41) is 21.8. The van der Waals surface area contributed by atoms with Gasteiger partial charge in [0.15, 0.2) is 0 Å². The molecule has 0 aliphatic heterocycles. The summed E-state index contributed by atoms with van der Waals surface area (Å²) in [6.07, 6.45) is 5.81. The average molecular weight is 454 g/mol. The van der Waals surface area contributed by atoms with Gasteiger partial charge in [-0.05, 0) is 24.1 Å². The lowest BCUT2D eigenvalue weighted by molar-refractivity contribution is -0.385. The van der Waals surface area contributed by atoms with Crippen LogP contribution in [0.4, 0.5) is 5.69 Å². The fourth-order valence-corrected chi connectivity index (χ4v) is 3.66. The molecular weight excluding hydrogens is 430 g/mol. The molecule has 1 aromatic heterocycles. The van der Waals surface area contributed by atoms with Crippen molar-refractivity contribution in [1.82, 2.24) is 9.55 Å². The number of carboxylic acid groups (broad SMARTS) is 1. The Labute approximate surface area is 191 Å². The van der Waals surface area contributed by atoms with Crippen LogP contribution in [0.3, 0.4) is 0 Å². The van der Waals surface area contributed by atoms with Gasteiger partial charge in [0.05, 0.1) is 23.4 Å². The fourth-order valence-electron chi connectivity index (χ4n) is 3.47. The third-order valence-electron chi connectivity index (χ3n) is 5.18. The van der Waals surface area contributed by atoms with Gasteiger partial charge in [-0.25, -0.2) is 9.78 Å². The number of rotatable bonds is 10. The number of nitro groups is 1. The van der Waals surface area contributed by atoms with Crippen molar-refractivity contribution < 1.29 is 14.8 Å². The number of aromatic nitrogens is 2. The first-order valence-electron chi connectivity index (χ1n) is 10.3. The van der Waals surface area contributed by atoms with Crippen LogP contribution in [0.15, 0.2) is 60.3 Å². The van der Waals surface area contributed by atoms with Crippen molar-refractivity contribution in [2.24, 2.45) is 0 Å². The molecule has 0 saturated heterocycles. The monoisotopic (exact) mass is 453 g/mol. The molecular formula is C24H24ClN3O4. The molecule has 0 spiro atoms. The second-order valence-corrected chi connectivity index (χ2v) is 7.82. The molecule has 0 unspecified atom stereocenters. The summed E-state index contributed by atoms with van der Waals surface area (Å²) < 4.78 is 1.96. The van der Waals surface area contributed by atoms with Gasteiger partial charge in [0, 0.05) is 35.1 Å². The highest BCUT2D eigenvalue weighted by atomic mass is 35.5. The van der Waals surface area contributed by atoms with E-state index in [0.29, 0.717) is 22.8 Å². The standard InChI is InChI=1S/C24H24ClN3O4/c1-2-3-12-23-26-15-20(27(23)16-18-9-4-6-10-21(18)25)14-19(24(29)30)13-17-8-5-7-11-22(17)28(31)32/h4-11,14-15H,2-3,12-13,16H2,1H3,(H,29,30)/b19-14+. The summed E-state index contributed by atoms with van der Waals surface area (Å²) >= 11 is 6.35. The third-order valence-corrected chi connectivity index (χ3v) is 5.54. The second-order valence-electron chi connectivity index (χ2n) is 7.42. The maximum atomic E-state index is 12.0. The Hall–Kier alpha value is -3.45. The number of nitrogens with zero attached hydrogens (tertiary/aromatic N) is 3. The van der Waals surface area contributed by atoms with Gasteiger partial charge in [-0.3, -0.25) is 10.1 Å². The molecule has 32 heavy (non-hydrogen) atoms. The average Bonchev–Trinajstić information content (AvgIpc) is 3.14. The highest BCUT2D eigenvalue weighted by molar-refractivity contribution is 6.31. The molecule has 0 amide bonds. The van der Waals surface area contributed by atoms with Gasteiger partial charge in [0.25, 0.3) is 5.69 Å². The van der Waals surface area contributed by atoms with Crippen LogP contribution in [-0.4, -0.2) is 25.6 Å². The van der Waals surface area contributed by atoms with E-state index in [0.717, 1.165) is 30.7 Å². The van der Waals surface area contributed by atoms with Crippen LogP contribution in [-0.2, 0) is 24.2 Å². The molecule has 3 rings (SSSR count). The zero-order valence-electron chi connectivity index (χ0n) is 17.7. The predicted octanol–water partition coefficient (Wildman–Crippen LogP) is 5.55. The highest BCUT2D eigenvalue weighted by Gasteiger charge is 2.19. The van der Waals surface area contributed by atoms with Crippen LogP contribution in [0, 0.1) is 10.1 Å². The molecule has 0 saturated carbocycles. The Balaban J connectivity index is 2.02. The molecule has 2 aromatic carbocycles. The summed E-state index contributed by atoms with van der Waals surface area (Å²) in [5.41, 5.74) is 1.80. The minimum atomic E-state index is -1.14. The van der Waals surface area contributed by atoms with Crippen LogP contribution in [0.25, 0.3) is 6.08 Å². The number of benzene rings is 2. The predicted molar refractivity (Wildman–Crippen MR) is 124 cm³/mol. The van der Waals surface area contributed by atoms with E-state index in [1.54, 1.807) is 30.5 Å².